The lowest BCUT2D eigenvalue weighted by Gasteiger charge is -2.26. The fourth-order valence-corrected chi connectivity index (χ4v) is 1.69. The zero-order valence-electron chi connectivity index (χ0n) is 6.71. The van der Waals surface area contributed by atoms with Gasteiger partial charge in [-0.2, -0.15) is 0 Å². The first kappa shape index (κ1) is 7.53. The first-order valence-electron chi connectivity index (χ1n) is 4.43. The Labute approximate surface area is 67.1 Å². The lowest BCUT2D eigenvalue weighted by molar-refractivity contribution is -0.0769. The first-order valence-corrected chi connectivity index (χ1v) is 4.43. The van der Waals surface area contributed by atoms with E-state index in [1.807, 2.05) is 0 Å². The minimum atomic E-state index is 0.176. The molecule has 0 aromatic carbocycles. The van der Waals surface area contributed by atoms with Crippen LogP contribution in [0.25, 0.3) is 0 Å². The van der Waals surface area contributed by atoms with Crippen molar-refractivity contribution in [2.45, 2.75) is 31.6 Å². The molecule has 2 aliphatic rings. The van der Waals surface area contributed by atoms with Gasteiger partial charge >= 0.3 is 0 Å². The highest BCUT2D eigenvalue weighted by Crippen LogP contribution is 2.17. The second kappa shape index (κ2) is 3.52. The summed E-state index contributed by atoms with van der Waals surface area (Å²) in [5.74, 6) is 0. The summed E-state index contributed by atoms with van der Waals surface area (Å²) in [6.45, 7) is 2.72. The molecule has 0 aromatic heterocycles. The van der Waals surface area contributed by atoms with Crippen LogP contribution in [0.1, 0.15) is 19.3 Å². The molecule has 0 saturated carbocycles. The van der Waals surface area contributed by atoms with Gasteiger partial charge in [-0.3, -0.25) is 5.32 Å². The van der Waals surface area contributed by atoms with Crippen molar-refractivity contribution in [3.63, 3.8) is 0 Å². The molecular formula is C8H15NO2. The summed E-state index contributed by atoms with van der Waals surface area (Å²) in [6.07, 6.45) is 4.13. The van der Waals surface area contributed by atoms with E-state index in [0.29, 0.717) is 6.10 Å². The predicted molar refractivity (Wildman–Crippen MR) is 41.3 cm³/mol. The van der Waals surface area contributed by atoms with E-state index in [1.54, 1.807) is 0 Å². The van der Waals surface area contributed by atoms with E-state index in [2.05, 4.69) is 5.32 Å². The lowest BCUT2D eigenvalue weighted by Crippen LogP contribution is -2.39. The van der Waals surface area contributed by atoms with Crippen molar-refractivity contribution in [2.24, 2.45) is 0 Å². The Balaban J connectivity index is 1.82. The summed E-state index contributed by atoms with van der Waals surface area (Å²) in [5.41, 5.74) is 0. The maximum atomic E-state index is 5.57. The van der Waals surface area contributed by atoms with Gasteiger partial charge in [0.2, 0.25) is 0 Å². The Kier molecular flexibility index (Phi) is 2.41. The smallest absolute Gasteiger partial charge is 0.134 e. The van der Waals surface area contributed by atoms with Gasteiger partial charge in [0.1, 0.15) is 6.23 Å². The van der Waals surface area contributed by atoms with Crippen LogP contribution in [0, 0.1) is 0 Å². The molecule has 2 atom stereocenters. The summed E-state index contributed by atoms with van der Waals surface area (Å²) in [5, 5.41) is 3.28. The second-order valence-corrected chi connectivity index (χ2v) is 3.15. The van der Waals surface area contributed by atoms with Crippen LogP contribution in [0.5, 0.6) is 0 Å². The molecule has 3 heteroatoms. The van der Waals surface area contributed by atoms with Crippen LogP contribution in [0.4, 0.5) is 0 Å². The zero-order chi connectivity index (χ0) is 7.52. The monoisotopic (exact) mass is 157 g/mol. The zero-order valence-corrected chi connectivity index (χ0v) is 6.71. The molecule has 3 nitrogen and oxygen atoms in total. The number of hydrogen-bond donors (Lipinski definition) is 1. The largest absolute Gasteiger partial charge is 0.374 e. The highest BCUT2D eigenvalue weighted by atomic mass is 16.6. The van der Waals surface area contributed by atoms with Gasteiger partial charge in [0.25, 0.3) is 0 Å². The fraction of sp³-hybridized carbons (Fsp3) is 1.00. The van der Waals surface area contributed by atoms with Crippen molar-refractivity contribution in [1.29, 1.82) is 0 Å². The van der Waals surface area contributed by atoms with E-state index in [0.717, 1.165) is 26.2 Å². The number of rotatable bonds is 1. The Morgan fingerprint density at radius 3 is 2.73 bits per heavy atom. The minimum Gasteiger partial charge on any atom is -0.374 e. The Hall–Kier alpha value is -0.120. The fourth-order valence-electron chi connectivity index (χ4n) is 1.69. The average molecular weight is 157 g/mol. The van der Waals surface area contributed by atoms with Gasteiger partial charge in [-0.1, -0.05) is 0 Å². The van der Waals surface area contributed by atoms with Crippen molar-refractivity contribution in [3.05, 3.63) is 0 Å². The molecule has 0 aliphatic carbocycles. The minimum absolute atomic E-state index is 0.176. The maximum Gasteiger partial charge on any atom is 0.134 e. The highest BCUT2D eigenvalue weighted by molar-refractivity contribution is 4.75. The van der Waals surface area contributed by atoms with Crippen molar-refractivity contribution in [2.75, 3.05) is 19.8 Å². The van der Waals surface area contributed by atoms with Gasteiger partial charge in [-0.15, -0.1) is 0 Å². The molecule has 0 radical (unpaired) electrons. The van der Waals surface area contributed by atoms with E-state index >= 15 is 0 Å². The van der Waals surface area contributed by atoms with Gasteiger partial charge < -0.3 is 9.47 Å². The van der Waals surface area contributed by atoms with Crippen LogP contribution in [-0.4, -0.2) is 32.1 Å². The molecule has 64 valence electrons. The Morgan fingerprint density at radius 1 is 1.09 bits per heavy atom. The van der Waals surface area contributed by atoms with Gasteiger partial charge in [-0.05, 0) is 19.3 Å². The predicted octanol–water partition coefficient (Wildman–Crippen LogP) is 0.501. The van der Waals surface area contributed by atoms with E-state index in [4.69, 9.17) is 9.47 Å². The van der Waals surface area contributed by atoms with Crippen LogP contribution < -0.4 is 5.32 Å². The molecule has 0 bridgehead atoms. The van der Waals surface area contributed by atoms with E-state index in [9.17, 15) is 0 Å². The van der Waals surface area contributed by atoms with Crippen molar-refractivity contribution in [3.8, 4) is 0 Å². The molecule has 2 fully saturated rings. The molecule has 2 unspecified atom stereocenters. The number of hydrogen-bond acceptors (Lipinski definition) is 3. The average Bonchev–Trinajstić information content (AvgIpc) is 2.58. The normalized spacial score (nSPS) is 39.3. The standard InChI is InChI=1S/C8H15NO2/c1-2-5-10-7(3-1)8-9-4-6-11-8/h7-9H,1-6H2. The second-order valence-electron chi connectivity index (χ2n) is 3.15. The molecule has 0 aromatic rings. The molecule has 0 amide bonds. The van der Waals surface area contributed by atoms with Crippen molar-refractivity contribution < 1.29 is 9.47 Å². The molecule has 2 rings (SSSR count). The van der Waals surface area contributed by atoms with Gasteiger partial charge in [0, 0.05) is 13.2 Å². The quantitative estimate of drug-likeness (QED) is 0.601. The topological polar surface area (TPSA) is 30.5 Å². The summed E-state index contributed by atoms with van der Waals surface area (Å²) in [4.78, 5) is 0. The molecule has 2 aliphatic heterocycles. The molecule has 2 saturated heterocycles. The number of ether oxygens (including phenoxy) is 2. The van der Waals surface area contributed by atoms with Gasteiger partial charge in [-0.25, -0.2) is 0 Å². The van der Waals surface area contributed by atoms with E-state index < -0.39 is 0 Å². The summed E-state index contributed by atoms with van der Waals surface area (Å²) in [6, 6.07) is 0. The summed E-state index contributed by atoms with van der Waals surface area (Å²) >= 11 is 0. The molecular weight excluding hydrogens is 142 g/mol. The number of nitrogens with one attached hydrogen (secondary N) is 1. The van der Waals surface area contributed by atoms with Crippen LogP contribution in [0.15, 0.2) is 0 Å². The third-order valence-electron chi connectivity index (χ3n) is 2.30. The SMILES string of the molecule is C1CCC(C2NCCO2)OC1. The van der Waals surface area contributed by atoms with Crippen LogP contribution in [-0.2, 0) is 9.47 Å². The molecule has 2 heterocycles. The summed E-state index contributed by atoms with van der Waals surface area (Å²) < 4.78 is 11.0. The van der Waals surface area contributed by atoms with Crippen molar-refractivity contribution in [1.82, 2.24) is 5.32 Å². The van der Waals surface area contributed by atoms with Crippen LogP contribution >= 0.6 is 0 Å². The highest BCUT2D eigenvalue weighted by Gasteiger charge is 2.27. The van der Waals surface area contributed by atoms with Crippen molar-refractivity contribution >= 4 is 0 Å². The van der Waals surface area contributed by atoms with E-state index in [1.165, 1.54) is 12.8 Å². The van der Waals surface area contributed by atoms with Gasteiger partial charge in [0.15, 0.2) is 0 Å². The Morgan fingerprint density at radius 2 is 2.09 bits per heavy atom. The Bertz CT molecular complexity index is 117. The third kappa shape index (κ3) is 1.72. The maximum absolute atomic E-state index is 5.57. The van der Waals surface area contributed by atoms with Gasteiger partial charge in [0.05, 0.1) is 12.7 Å². The van der Waals surface area contributed by atoms with Crippen LogP contribution in [0.3, 0.4) is 0 Å². The molecule has 0 spiro atoms. The third-order valence-corrected chi connectivity index (χ3v) is 2.30. The lowest BCUT2D eigenvalue weighted by atomic mass is 10.1. The van der Waals surface area contributed by atoms with E-state index in [-0.39, 0.29) is 6.23 Å². The van der Waals surface area contributed by atoms with Crippen LogP contribution in [0.2, 0.25) is 0 Å². The summed E-state index contributed by atoms with van der Waals surface area (Å²) in [7, 11) is 0. The molecule has 11 heavy (non-hydrogen) atoms. The molecule has 1 N–H and O–H groups in total. The first-order chi connectivity index (χ1) is 5.47.